The second kappa shape index (κ2) is 61.7. The molecule has 7 unspecified atom stereocenters. The van der Waals surface area contributed by atoms with Gasteiger partial charge in [-0.05, 0) is 89.9 Å². The summed E-state index contributed by atoms with van der Waals surface area (Å²) in [6.45, 7) is 3.73. The van der Waals surface area contributed by atoms with E-state index in [0.717, 1.165) is 116 Å². The largest absolute Gasteiger partial charge is 0.394 e. The van der Waals surface area contributed by atoms with Crippen LogP contribution in [0.15, 0.2) is 122 Å². The van der Waals surface area contributed by atoms with E-state index in [1.807, 2.05) is 0 Å². The molecule has 476 valence electrons. The highest BCUT2D eigenvalue weighted by Crippen LogP contribution is 2.23. The molecule has 0 radical (unpaired) electrons. The number of allylic oxidation sites excluding steroid dienone is 20. The number of amides is 1. The molecular formula is C74H127NO8. The Labute approximate surface area is 509 Å². The lowest BCUT2D eigenvalue weighted by Crippen LogP contribution is -2.60. The molecule has 0 aromatic carbocycles. The number of hydrogen-bond acceptors (Lipinski definition) is 8. The molecule has 1 aliphatic rings. The first-order valence-electron chi connectivity index (χ1n) is 34.2. The van der Waals surface area contributed by atoms with Crippen LogP contribution in [0.25, 0.3) is 0 Å². The first kappa shape index (κ1) is 77.6. The molecule has 0 aliphatic carbocycles. The number of rotatable bonds is 58. The third kappa shape index (κ3) is 50.5. The van der Waals surface area contributed by atoms with Crippen molar-refractivity contribution in [1.29, 1.82) is 0 Å². The van der Waals surface area contributed by atoms with Crippen molar-refractivity contribution in [3.05, 3.63) is 122 Å². The van der Waals surface area contributed by atoms with Crippen LogP contribution in [0.2, 0.25) is 0 Å². The molecule has 1 amide bonds. The third-order valence-electron chi connectivity index (χ3n) is 15.6. The minimum Gasteiger partial charge on any atom is -0.394 e. The zero-order chi connectivity index (χ0) is 60.0. The Balaban J connectivity index is 2.19. The molecule has 0 aromatic rings. The van der Waals surface area contributed by atoms with E-state index in [-0.39, 0.29) is 12.5 Å². The summed E-state index contributed by atoms with van der Waals surface area (Å²) >= 11 is 0. The first-order chi connectivity index (χ1) is 40.8. The topological polar surface area (TPSA) is 149 Å². The van der Waals surface area contributed by atoms with Crippen LogP contribution in [-0.2, 0) is 14.3 Å². The van der Waals surface area contributed by atoms with Crippen LogP contribution in [0.5, 0.6) is 0 Å². The molecular weight excluding hydrogens is 1030 g/mol. The molecule has 1 rings (SSSR count). The average Bonchev–Trinajstić information content (AvgIpc) is 3.60. The zero-order valence-corrected chi connectivity index (χ0v) is 53.2. The Morgan fingerprint density at radius 2 is 0.747 bits per heavy atom. The van der Waals surface area contributed by atoms with Crippen molar-refractivity contribution in [3.8, 4) is 0 Å². The highest BCUT2D eigenvalue weighted by molar-refractivity contribution is 5.76. The van der Waals surface area contributed by atoms with Gasteiger partial charge in [-0.15, -0.1) is 0 Å². The van der Waals surface area contributed by atoms with Gasteiger partial charge in [0.1, 0.15) is 24.4 Å². The third-order valence-corrected chi connectivity index (χ3v) is 15.6. The Kier molecular flexibility index (Phi) is 57.7. The number of hydrogen-bond donors (Lipinski definition) is 6. The second-order valence-corrected chi connectivity index (χ2v) is 23.2. The van der Waals surface area contributed by atoms with Crippen molar-refractivity contribution in [2.45, 2.75) is 326 Å². The van der Waals surface area contributed by atoms with Crippen molar-refractivity contribution >= 4 is 5.91 Å². The van der Waals surface area contributed by atoms with Gasteiger partial charge < -0.3 is 40.3 Å². The van der Waals surface area contributed by atoms with E-state index in [0.29, 0.717) is 12.8 Å². The maximum atomic E-state index is 13.1. The summed E-state index contributed by atoms with van der Waals surface area (Å²) in [6.07, 6.45) is 85.3. The predicted octanol–water partition coefficient (Wildman–Crippen LogP) is 18.6. The monoisotopic (exact) mass is 1160 g/mol. The number of ether oxygens (including phenoxy) is 2. The highest BCUT2D eigenvalue weighted by Gasteiger charge is 2.44. The summed E-state index contributed by atoms with van der Waals surface area (Å²) in [5.74, 6) is -0.170. The van der Waals surface area contributed by atoms with Crippen molar-refractivity contribution in [2.24, 2.45) is 0 Å². The van der Waals surface area contributed by atoms with Crippen LogP contribution in [0.1, 0.15) is 284 Å². The number of carbonyl (C=O) groups is 1. The van der Waals surface area contributed by atoms with Gasteiger partial charge in [-0.2, -0.15) is 0 Å². The molecule has 9 heteroatoms. The lowest BCUT2D eigenvalue weighted by atomic mass is 9.99. The molecule has 9 nitrogen and oxygen atoms in total. The van der Waals surface area contributed by atoms with Crippen molar-refractivity contribution in [2.75, 3.05) is 13.2 Å². The Hall–Kier alpha value is -3.41. The van der Waals surface area contributed by atoms with Gasteiger partial charge in [-0.1, -0.05) is 309 Å². The van der Waals surface area contributed by atoms with Crippen molar-refractivity contribution < 1.29 is 39.8 Å². The standard InChI is InChI=1S/C74H127NO8/c1-3-5-7-9-11-13-15-17-19-21-23-25-27-29-30-31-32-33-34-35-36-37-38-40-42-44-46-48-50-52-54-56-58-60-62-64-70(78)75-67(66-82-74-73(81)72(80)71(79)69(65-76)83-74)68(77)63-61-59-57-55-53-51-49-47-45-43-41-39-28-26-24-22-20-18-16-14-12-10-8-6-4-2/h5,7,11,13,17,19,23,25,29-30,32-33,35-36,38,40,44,46,50,52,67-69,71-74,76-77,79-81H,3-4,6,8-10,12,14-16,18,20-22,24,26-28,31,34,37,39,41-43,45,47-49,51,53-66H2,1-2H3,(H,75,78)/b7-5-,13-11-,19-17-,25-23-,30-29-,33-32-,36-35-,40-38-,46-44-,52-50-. The SMILES string of the molecule is CC/C=C\C/C=C\C/C=C\C/C=C\C/C=C\C/C=C\C/C=C\C/C=C\C/C=C\C/C=C\CCCCCCC(=O)NC(COC1OC(CO)C(O)C(O)C1O)C(O)CCCCCCCCCCCCCCCCCCCCCCCCCCC. The highest BCUT2D eigenvalue weighted by atomic mass is 16.7. The van der Waals surface area contributed by atoms with Gasteiger partial charge in [0.15, 0.2) is 6.29 Å². The van der Waals surface area contributed by atoms with Gasteiger partial charge in [-0.25, -0.2) is 0 Å². The summed E-state index contributed by atoms with van der Waals surface area (Å²) in [7, 11) is 0. The van der Waals surface area contributed by atoms with Crippen LogP contribution in [0.4, 0.5) is 0 Å². The van der Waals surface area contributed by atoms with Crippen LogP contribution in [0.3, 0.4) is 0 Å². The maximum absolute atomic E-state index is 13.1. The Bertz CT molecular complexity index is 1720. The van der Waals surface area contributed by atoms with Crippen LogP contribution >= 0.6 is 0 Å². The van der Waals surface area contributed by atoms with E-state index >= 15 is 0 Å². The van der Waals surface area contributed by atoms with Crippen LogP contribution in [0, 0.1) is 0 Å². The minimum absolute atomic E-state index is 0.155. The summed E-state index contributed by atoms with van der Waals surface area (Å²) in [6, 6.07) is -0.744. The second-order valence-electron chi connectivity index (χ2n) is 23.2. The number of nitrogens with one attached hydrogen (secondary N) is 1. The molecule has 1 heterocycles. The summed E-state index contributed by atoms with van der Waals surface area (Å²) in [5.41, 5.74) is 0. The normalized spacial score (nSPS) is 19.0. The molecule has 1 fully saturated rings. The summed E-state index contributed by atoms with van der Waals surface area (Å²) in [5, 5.41) is 54.9. The quantitative estimate of drug-likeness (QED) is 0.0261. The van der Waals surface area contributed by atoms with Crippen LogP contribution in [-0.4, -0.2) is 87.5 Å². The fraction of sp³-hybridized carbons (Fsp3) is 0.716. The van der Waals surface area contributed by atoms with Gasteiger partial charge in [0, 0.05) is 6.42 Å². The average molecular weight is 1160 g/mol. The number of unbranched alkanes of at least 4 members (excludes halogenated alkanes) is 28. The van der Waals surface area contributed by atoms with E-state index in [1.54, 1.807) is 0 Å². The molecule has 0 aromatic heterocycles. The molecule has 1 saturated heterocycles. The number of carbonyl (C=O) groups excluding carboxylic acids is 1. The molecule has 0 bridgehead atoms. The molecule has 1 aliphatic heterocycles. The lowest BCUT2D eigenvalue weighted by Gasteiger charge is -2.40. The number of aliphatic hydroxyl groups is 5. The Morgan fingerprint density at radius 3 is 1.11 bits per heavy atom. The predicted molar refractivity (Wildman–Crippen MR) is 354 cm³/mol. The first-order valence-corrected chi connectivity index (χ1v) is 34.2. The van der Waals surface area contributed by atoms with E-state index in [1.165, 1.54) is 141 Å². The molecule has 7 atom stereocenters. The van der Waals surface area contributed by atoms with Crippen LogP contribution < -0.4 is 5.32 Å². The van der Waals surface area contributed by atoms with E-state index in [4.69, 9.17) is 9.47 Å². The molecule has 6 N–H and O–H groups in total. The maximum Gasteiger partial charge on any atom is 0.220 e. The zero-order valence-electron chi connectivity index (χ0n) is 53.2. The van der Waals surface area contributed by atoms with E-state index in [2.05, 4.69) is 141 Å². The molecule has 0 spiro atoms. The van der Waals surface area contributed by atoms with Crippen molar-refractivity contribution in [3.63, 3.8) is 0 Å². The lowest BCUT2D eigenvalue weighted by molar-refractivity contribution is -0.302. The molecule has 0 saturated carbocycles. The van der Waals surface area contributed by atoms with Gasteiger partial charge in [0.2, 0.25) is 5.91 Å². The fourth-order valence-electron chi connectivity index (χ4n) is 10.3. The van der Waals surface area contributed by atoms with Gasteiger partial charge in [0.05, 0.1) is 25.4 Å². The van der Waals surface area contributed by atoms with E-state index < -0.39 is 49.5 Å². The molecule has 83 heavy (non-hydrogen) atoms. The summed E-state index contributed by atoms with van der Waals surface area (Å²) in [4.78, 5) is 13.1. The van der Waals surface area contributed by atoms with Gasteiger partial charge in [0.25, 0.3) is 0 Å². The van der Waals surface area contributed by atoms with Crippen molar-refractivity contribution in [1.82, 2.24) is 5.32 Å². The smallest absolute Gasteiger partial charge is 0.220 e. The fourth-order valence-corrected chi connectivity index (χ4v) is 10.3. The van der Waals surface area contributed by atoms with Gasteiger partial charge in [-0.3, -0.25) is 4.79 Å². The summed E-state index contributed by atoms with van der Waals surface area (Å²) < 4.78 is 11.3. The van der Waals surface area contributed by atoms with E-state index in [9.17, 15) is 30.3 Å². The van der Waals surface area contributed by atoms with Gasteiger partial charge >= 0.3 is 0 Å². The Morgan fingerprint density at radius 1 is 0.422 bits per heavy atom. The minimum atomic E-state index is -1.57. The number of aliphatic hydroxyl groups excluding tert-OH is 5.